The minimum atomic E-state index is 0. The molecule has 1 aliphatic heterocycles. The van der Waals surface area contributed by atoms with Crippen molar-refractivity contribution in [3.63, 3.8) is 0 Å². The molecule has 45 valence electrons. The van der Waals surface area contributed by atoms with Gasteiger partial charge in [0.1, 0.15) is 0 Å². The Morgan fingerprint density at radius 2 is 1.50 bits per heavy atom. The van der Waals surface area contributed by atoms with Gasteiger partial charge in [-0.1, -0.05) is 6.42 Å². The second-order valence-electron chi connectivity index (χ2n) is 1.97. The van der Waals surface area contributed by atoms with Crippen LogP contribution in [0.2, 0.25) is 0 Å². The molecule has 8 heavy (non-hydrogen) atoms. The van der Waals surface area contributed by atoms with E-state index < -0.39 is 0 Å². The van der Waals surface area contributed by atoms with E-state index in [9.17, 15) is 4.48 Å². The molecule has 1 nitrogen and oxygen atoms in total. The normalized spacial score (nSPS) is 22.1. The van der Waals surface area contributed by atoms with Gasteiger partial charge < -0.3 is 0 Å². The summed E-state index contributed by atoms with van der Waals surface area (Å²) in [6.45, 7) is 1.31. The van der Waals surface area contributed by atoms with Crippen molar-refractivity contribution in [1.82, 2.24) is 5.12 Å². The molecule has 1 aliphatic rings. The molecular formula is C5H10BFN. The van der Waals surface area contributed by atoms with Gasteiger partial charge in [-0.15, -0.1) is 9.60 Å². The molecule has 0 bridgehead atoms. The topological polar surface area (TPSA) is 3.24 Å². The van der Waals surface area contributed by atoms with Gasteiger partial charge in [0.15, 0.2) is 0 Å². The van der Waals surface area contributed by atoms with Crippen LogP contribution in [0.25, 0.3) is 0 Å². The first kappa shape index (κ1) is 7.95. The number of rotatable bonds is 0. The van der Waals surface area contributed by atoms with Crippen molar-refractivity contribution in [3.05, 3.63) is 0 Å². The van der Waals surface area contributed by atoms with Gasteiger partial charge in [-0.3, -0.25) is 0 Å². The zero-order valence-electron chi connectivity index (χ0n) is 4.94. The van der Waals surface area contributed by atoms with Gasteiger partial charge in [-0.2, -0.15) is 0 Å². The minimum Gasteiger partial charge on any atom is -0.146 e. The van der Waals surface area contributed by atoms with Crippen LogP contribution in [0, 0.1) is 0 Å². The third-order valence-corrected chi connectivity index (χ3v) is 1.30. The maximum atomic E-state index is 12.0. The highest BCUT2D eigenvalue weighted by atomic mass is 19.2. The lowest BCUT2D eigenvalue weighted by molar-refractivity contribution is 0.00630. The van der Waals surface area contributed by atoms with Gasteiger partial charge in [0, 0.05) is 21.5 Å². The molecule has 0 saturated carbocycles. The molecule has 0 aromatic rings. The maximum absolute atomic E-state index is 12.0. The molecule has 1 heterocycles. The Balaban J connectivity index is 0.000000490. The van der Waals surface area contributed by atoms with Crippen molar-refractivity contribution < 1.29 is 4.48 Å². The largest absolute Gasteiger partial charge is 0.146 e. The van der Waals surface area contributed by atoms with Crippen molar-refractivity contribution in [3.8, 4) is 0 Å². The quantitative estimate of drug-likeness (QED) is 0.335. The van der Waals surface area contributed by atoms with Crippen LogP contribution in [0.5, 0.6) is 0 Å². The Morgan fingerprint density at radius 1 is 1.00 bits per heavy atom. The molecule has 0 spiro atoms. The number of nitrogens with zero attached hydrogens (tertiary/aromatic N) is 1. The Labute approximate surface area is 51.4 Å². The summed E-state index contributed by atoms with van der Waals surface area (Å²) in [5.74, 6) is 0. The molecule has 1 saturated heterocycles. The Bertz CT molecular complexity index is 54.4. The van der Waals surface area contributed by atoms with Crippen molar-refractivity contribution in [1.29, 1.82) is 0 Å². The zero-order chi connectivity index (χ0) is 5.11. The summed E-state index contributed by atoms with van der Waals surface area (Å²) in [5.41, 5.74) is 0. The highest BCUT2D eigenvalue weighted by Gasteiger charge is 2.06. The first-order valence-corrected chi connectivity index (χ1v) is 2.80. The van der Waals surface area contributed by atoms with Crippen molar-refractivity contribution in [2.45, 2.75) is 19.3 Å². The lowest BCUT2D eigenvalue weighted by atomic mass is 10.2. The Kier molecular flexibility index (Phi) is 3.88. The van der Waals surface area contributed by atoms with Crippen LogP contribution in [0.4, 0.5) is 4.48 Å². The van der Waals surface area contributed by atoms with E-state index in [-0.39, 0.29) is 8.41 Å². The van der Waals surface area contributed by atoms with E-state index >= 15 is 0 Å². The Hall–Kier alpha value is -0.0451. The van der Waals surface area contributed by atoms with Crippen molar-refractivity contribution in [2.24, 2.45) is 0 Å². The van der Waals surface area contributed by atoms with Crippen LogP contribution in [0.15, 0.2) is 0 Å². The second kappa shape index (κ2) is 3.90. The third-order valence-electron chi connectivity index (χ3n) is 1.30. The molecule has 0 aromatic carbocycles. The molecule has 0 aromatic heterocycles. The van der Waals surface area contributed by atoms with Gasteiger partial charge in [-0.25, -0.2) is 0 Å². The SMILES string of the molecule is FN1CCCCC1.[B]. The predicted molar refractivity (Wildman–Crippen MR) is 32.3 cm³/mol. The molecule has 0 atom stereocenters. The van der Waals surface area contributed by atoms with E-state index in [0.29, 0.717) is 13.1 Å². The fraction of sp³-hybridized carbons (Fsp3) is 1.00. The van der Waals surface area contributed by atoms with Crippen LogP contribution in [0.3, 0.4) is 0 Å². The monoisotopic (exact) mass is 114 g/mol. The fourth-order valence-electron chi connectivity index (χ4n) is 0.855. The minimum absolute atomic E-state index is 0. The van der Waals surface area contributed by atoms with Gasteiger partial charge in [0.25, 0.3) is 0 Å². The van der Waals surface area contributed by atoms with E-state index in [2.05, 4.69) is 0 Å². The molecule has 3 radical (unpaired) electrons. The molecule has 3 heteroatoms. The van der Waals surface area contributed by atoms with Crippen LogP contribution < -0.4 is 0 Å². The summed E-state index contributed by atoms with van der Waals surface area (Å²) in [4.78, 5) is 0. The second-order valence-corrected chi connectivity index (χ2v) is 1.97. The summed E-state index contributed by atoms with van der Waals surface area (Å²) >= 11 is 0. The average molecular weight is 114 g/mol. The van der Waals surface area contributed by atoms with E-state index in [4.69, 9.17) is 0 Å². The van der Waals surface area contributed by atoms with Crippen molar-refractivity contribution in [2.75, 3.05) is 13.1 Å². The average Bonchev–Trinajstić information content (AvgIpc) is 1.69. The summed E-state index contributed by atoms with van der Waals surface area (Å²) in [6, 6.07) is 0. The molecule has 1 rings (SSSR count). The molecule has 0 N–H and O–H groups in total. The molecule has 0 amide bonds. The van der Waals surface area contributed by atoms with Crippen LogP contribution in [-0.4, -0.2) is 26.6 Å². The van der Waals surface area contributed by atoms with Crippen molar-refractivity contribution >= 4 is 8.41 Å². The first-order chi connectivity index (χ1) is 3.39. The molecule has 0 aliphatic carbocycles. The fourth-order valence-corrected chi connectivity index (χ4v) is 0.855. The summed E-state index contributed by atoms with van der Waals surface area (Å²) in [7, 11) is 0. The van der Waals surface area contributed by atoms with Crippen LogP contribution in [0.1, 0.15) is 19.3 Å². The third kappa shape index (κ3) is 2.31. The van der Waals surface area contributed by atoms with Gasteiger partial charge in [-0.05, 0) is 12.8 Å². The van der Waals surface area contributed by atoms with Gasteiger partial charge in [0.05, 0.1) is 0 Å². The number of piperidine rings is 1. The summed E-state index contributed by atoms with van der Waals surface area (Å²) < 4.78 is 12.0. The zero-order valence-corrected chi connectivity index (χ0v) is 4.94. The van der Waals surface area contributed by atoms with Gasteiger partial charge in [0.2, 0.25) is 0 Å². The van der Waals surface area contributed by atoms with E-state index in [1.54, 1.807) is 0 Å². The highest BCUT2D eigenvalue weighted by Crippen LogP contribution is 2.07. The predicted octanol–water partition coefficient (Wildman–Crippen LogP) is 0.976. The van der Waals surface area contributed by atoms with E-state index in [1.807, 2.05) is 0 Å². The standard InChI is InChI=1S/C5H10FN.B/c6-7-4-2-1-3-5-7;/h1-5H2;. The first-order valence-electron chi connectivity index (χ1n) is 2.80. The number of hydrogen-bond acceptors (Lipinski definition) is 1. The van der Waals surface area contributed by atoms with E-state index in [0.717, 1.165) is 18.0 Å². The maximum Gasteiger partial charge on any atom is 0.0290 e. The van der Waals surface area contributed by atoms with E-state index in [1.165, 1.54) is 6.42 Å². The Morgan fingerprint density at radius 3 is 1.75 bits per heavy atom. The highest BCUT2D eigenvalue weighted by molar-refractivity contribution is 5.75. The van der Waals surface area contributed by atoms with Crippen LogP contribution >= 0.6 is 0 Å². The lowest BCUT2D eigenvalue weighted by Crippen LogP contribution is -2.20. The summed E-state index contributed by atoms with van der Waals surface area (Å²) in [5, 5.41) is 0.892. The van der Waals surface area contributed by atoms with Crippen LogP contribution in [-0.2, 0) is 0 Å². The smallest absolute Gasteiger partial charge is 0.0290 e. The molecule has 1 fully saturated rings. The molecule has 0 unspecified atom stereocenters. The summed E-state index contributed by atoms with van der Waals surface area (Å²) in [6.07, 6.45) is 3.29. The number of halogens is 1. The lowest BCUT2D eigenvalue weighted by Gasteiger charge is -2.15. The van der Waals surface area contributed by atoms with Gasteiger partial charge >= 0.3 is 0 Å². The molecular weight excluding hydrogens is 104 g/mol. The number of hydrogen-bond donors (Lipinski definition) is 0.